The number of halogens is 2. The van der Waals surface area contributed by atoms with E-state index in [0.29, 0.717) is 29.0 Å². The molecular formula is C25H36Cl2N2O4. The van der Waals surface area contributed by atoms with Crippen LogP contribution in [0.15, 0.2) is 18.2 Å². The Bertz CT molecular complexity index is 759. The lowest BCUT2D eigenvalue weighted by Gasteiger charge is -2.34. The second-order valence-electron chi connectivity index (χ2n) is 9.58. The summed E-state index contributed by atoms with van der Waals surface area (Å²) in [4.78, 5) is 14.7. The van der Waals surface area contributed by atoms with E-state index in [-0.39, 0.29) is 24.3 Å². The summed E-state index contributed by atoms with van der Waals surface area (Å²) in [5.74, 6) is 1.43. The first-order chi connectivity index (χ1) is 16.1. The molecule has 3 aliphatic rings. The number of alkyl carbamates (subject to hydrolysis) is 1. The standard InChI is InChI=1S/C25H36Cl2N2O4/c26-22-2-1-3-23(24(22)27)32-20-9-14-29(15-10-20)13-8-18-4-6-19(7-5-18)28-25(30)33-21-11-16-31-17-12-21/h1-3,18-21H,4-17H2,(H,28,30)/t18-,19-. The normalized spacial score (nSPS) is 25.5. The van der Waals surface area contributed by atoms with E-state index in [4.69, 9.17) is 37.4 Å². The lowest BCUT2D eigenvalue weighted by atomic mass is 9.84. The molecule has 0 aromatic heterocycles. The average Bonchev–Trinajstić information content (AvgIpc) is 2.83. The van der Waals surface area contributed by atoms with Crippen molar-refractivity contribution in [3.05, 3.63) is 28.2 Å². The van der Waals surface area contributed by atoms with Crippen LogP contribution in [0, 0.1) is 5.92 Å². The SMILES string of the molecule is O=C(N[C@H]1CC[C@H](CCN2CCC(Oc3cccc(Cl)c3Cl)CC2)CC1)OC1CCOCC1. The largest absolute Gasteiger partial charge is 0.489 e. The van der Waals surface area contributed by atoms with Crippen LogP contribution in [-0.4, -0.2) is 62.1 Å². The number of nitrogens with one attached hydrogen (secondary N) is 1. The maximum absolute atomic E-state index is 12.2. The first-order valence-electron chi connectivity index (χ1n) is 12.4. The van der Waals surface area contributed by atoms with E-state index in [2.05, 4.69) is 10.2 Å². The van der Waals surface area contributed by atoms with Gasteiger partial charge in [-0.2, -0.15) is 0 Å². The predicted octanol–water partition coefficient (Wildman–Crippen LogP) is 5.69. The Kier molecular flexibility index (Phi) is 9.42. The zero-order valence-corrected chi connectivity index (χ0v) is 20.8. The summed E-state index contributed by atoms with van der Waals surface area (Å²) in [7, 11) is 0. The number of hydrogen-bond donors (Lipinski definition) is 1. The van der Waals surface area contributed by atoms with Crippen molar-refractivity contribution >= 4 is 29.3 Å². The Labute approximate surface area is 207 Å². The summed E-state index contributed by atoms with van der Waals surface area (Å²) in [6.45, 7) is 4.61. The fourth-order valence-electron chi connectivity index (χ4n) is 5.11. The van der Waals surface area contributed by atoms with Crippen LogP contribution >= 0.6 is 23.2 Å². The van der Waals surface area contributed by atoms with Gasteiger partial charge in [-0.1, -0.05) is 29.3 Å². The second kappa shape index (κ2) is 12.5. The zero-order chi connectivity index (χ0) is 23.0. The molecule has 1 aliphatic carbocycles. The van der Waals surface area contributed by atoms with Crippen molar-refractivity contribution in [2.75, 3.05) is 32.8 Å². The van der Waals surface area contributed by atoms with Crippen LogP contribution < -0.4 is 10.1 Å². The van der Waals surface area contributed by atoms with Gasteiger partial charge in [0.2, 0.25) is 0 Å². The number of carbonyl (C=O) groups excluding carboxylic acids is 1. The predicted molar refractivity (Wildman–Crippen MR) is 130 cm³/mol. The molecule has 33 heavy (non-hydrogen) atoms. The molecule has 1 aromatic rings. The minimum Gasteiger partial charge on any atom is -0.489 e. The molecule has 2 aliphatic heterocycles. The maximum atomic E-state index is 12.2. The minimum atomic E-state index is -0.255. The summed E-state index contributed by atoms with van der Waals surface area (Å²) in [6.07, 6.45) is 9.24. The number of piperidine rings is 1. The maximum Gasteiger partial charge on any atom is 0.407 e. The van der Waals surface area contributed by atoms with E-state index in [0.717, 1.165) is 64.1 Å². The van der Waals surface area contributed by atoms with E-state index in [9.17, 15) is 4.79 Å². The molecule has 0 bridgehead atoms. The number of ether oxygens (including phenoxy) is 3. The number of amides is 1. The van der Waals surface area contributed by atoms with E-state index < -0.39 is 0 Å². The van der Waals surface area contributed by atoms with Gasteiger partial charge in [-0.05, 0) is 69.5 Å². The highest BCUT2D eigenvalue weighted by Crippen LogP contribution is 2.33. The highest BCUT2D eigenvalue weighted by atomic mass is 35.5. The molecule has 6 nitrogen and oxygen atoms in total. The smallest absolute Gasteiger partial charge is 0.407 e. The zero-order valence-electron chi connectivity index (χ0n) is 19.3. The first-order valence-corrected chi connectivity index (χ1v) is 13.2. The molecule has 1 amide bonds. The molecule has 4 rings (SSSR count). The third-order valence-electron chi connectivity index (χ3n) is 7.21. The van der Waals surface area contributed by atoms with Crippen LogP contribution in [0.1, 0.15) is 57.8 Å². The van der Waals surface area contributed by atoms with Crippen molar-refractivity contribution in [3.8, 4) is 5.75 Å². The highest BCUT2D eigenvalue weighted by molar-refractivity contribution is 6.42. The van der Waals surface area contributed by atoms with Crippen LogP contribution in [0.25, 0.3) is 0 Å². The number of nitrogens with zero attached hydrogens (tertiary/aromatic N) is 1. The lowest BCUT2D eigenvalue weighted by molar-refractivity contribution is 0.000257. The molecule has 0 radical (unpaired) electrons. The summed E-state index contributed by atoms with van der Waals surface area (Å²) < 4.78 is 17.0. The molecule has 0 atom stereocenters. The van der Waals surface area contributed by atoms with Crippen molar-refractivity contribution in [1.29, 1.82) is 0 Å². The van der Waals surface area contributed by atoms with Gasteiger partial charge in [-0.15, -0.1) is 0 Å². The quantitative estimate of drug-likeness (QED) is 0.522. The number of hydrogen-bond acceptors (Lipinski definition) is 5. The fourth-order valence-corrected chi connectivity index (χ4v) is 5.45. The van der Waals surface area contributed by atoms with Crippen LogP contribution in [0.3, 0.4) is 0 Å². The van der Waals surface area contributed by atoms with Gasteiger partial charge in [-0.3, -0.25) is 0 Å². The van der Waals surface area contributed by atoms with Gasteiger partial charge < -0.3 is 24.4 Å². The topological polar surface area (TPSA) is 60.0 Å². The Morgan fingerprint density at radius 3 is 2.45 bits per heavy atom. The van der Waals surface area contributed by atoms with Crippen molar-refractivity contribution in [2.24, 2.45) is 5.92 Å². The molecule has 3 fully saturated rings. The van der Waals surface area contributed by atoms with Crippen molar-refractivity contribution in [3.63, 3.8) is 0 Å². The summed E-state index contributed by atoms with van der Waals surface area (Å²) in [5.41, 5.74) is 0. The van der Waals surface area contributed by atoms with Gasteiger partial charge in [0.25, 0.3) is 0 Å². The molecule has 2 heterocycles. The van der Waals surface area contributed by atoms with Crippen molar-refractivity contribution in [2.45, 2.75) is 76.0 Å². The number of carbonyl (C=O) groups is 1. The van der Waals surface area contributed by atoms with Gasteiger partial charge in [-0.25, -0.2) is 4.79 Å². The summed E-state index contributed by atoms with van der Waals surface area (Å²) in [6, 6.07) is 5.79. The molecule has 1 saturated carbocycles. The molecule has 0 unspecified atom stereocenters. The molecular weight excluding hydrogens is 463 g/mol. The highest BCUT2D eigenvalue weighted by Gasteiger charge is 2.26. The number of benzene rings is 1. The van der Waals surface area contributed by atoms with E-state index in [1.807, 2.05) is 12.1 Å². The third kappa shape index (κ3) is 7.64. The number of likely N-dealkylation sites (tertiary alicyclic amines) is 1. The van der Waals surface area contributed by atoms with Crippen LogP contribution in [-0.2, 0) is 9.47 Å². The van der Waals surface area contributed by atoms with Gasteiger partial charge in [0.1, 0.15) is 23.0 Å². The molecule has 184 valence electrons. The van der Waals surface area contributed by atoms with Crippen LogP contribution in [0.5, 0.6) is 5.75 Å². The minimum absolute atomic E-state index is 0.00658. The summed E-state index contributed by atoms with van der Waals surface area (Å²) in [5, 5.41) is 4.12. The Hall–Kier alpha value is -1.21. The molecule has 0 spiro atoms. The van der Waals surface area contributed by atoms with Gasteiger partial charge in [0, 0.05) is 32.0 Å². The fraction of sp³-hybridized carbons (Fsp3) is 0.720. The average molecular weight is 499 g/mol. The van der Waals surface area contributed by atoms with Gasteiger partial charge in [0.05, 0.1) is 18.2 Å². The van der Waals surface area contributed by atoms with Crippen LogP contribution in [0.4, 0.5) is 4.79 Å². The van der Waals surface area contributed by atoms with E-state index in [1.54, 1.807) is 6.07 Å². The van der Waals surface area contributed by atoms with Gasteiger partial charge >= 0.3 is 6.09 Å². The molecule has 8 heteroatoms. The van der Waals surface area contributed by atoms with Crippen molar-refractivity contribution < 1.29 is 19.0 Å². The Morgan fingerprint density at radius 2 is 1.73 bits per heavy atom. The summed E-state index contributed by atoms with van der Waals surface area (Å²) >= 11 is 12.3. The number of rotatable bonds is 7. The van der Waals surface area contributed by atoms with Crippen molar-refractivity contribution in [1.82, 2.24) is 10.2 Å². The molecule has 2 saturated heterocycles. The Balaban J connectivity index is 1.08. The Morgan fingerprint density at radius 1 is 1.00 bits per heavy atom. The van der Waals surface area contributed by atoms with E-state index >= 15 is 0 Å². The second-order valence-corrected chi connectivity index (χ2v) is 10.4. The molecule has 1 N–H and O–H groups in total. The monoisotopic (exact) mass is 498 g/mol. The van der Waals surface area contributed by atoms with E-state index in [1.165, 1.54) is 19.3 Å². The molecule has 1 aromatic carbocycles. The van der Waals surface area contributed by atoms with Crippen LogP contribution in [0.2, 0.25) is 10.0 Å². The van der Waals surface area contributed by atoms with Gasteiger partial charge in [0.15, 0.2) is 0 Å². The third-order valence-corrected chi connectivity index (χ3v) is 8.01. The lowest BCUT2D eigenvalue weighted by Crippen LogP contribution is -2.41. The first kappa shape index (κ1) is 24.9.